The van der Waals surface area contributed by atoms with Crippen molar-refractivity contribution in [3.8, 4) is 0 Å². The van der Waals surface area contributed by atoms with Gasteiger partial charge in [-0.2, -0.15) is 35.1 Å². The Kier molecular flexibility index (Phi) is 3.45. The van der Waals surface area contributed by atoms with Crippen molar-refractivity contribution in [1.82, 2.24) is 0 Å². The summed E-state index contributed by atoms with van der Waals surface area (Å²) in [6.07, 6.45) is 0. The van der Waals surface area contributed by atoms with Crippen molar-refractivity contribution >= 4 is 45.2 Å². The molecule has 0 radical (unpaired) electrons. The molecule has 1 fully saturated rings. The molecule has 18 heavy (non-hydrogen) atoms. The van der Waals surface area contributed by atoms with Crippen molar-refractivity contribution in [1.29, 1.82) is 0 Å². The summed E-state index contributed by atoms with van der Waals surface area (Å²) in [4.78, 5) is 0. The van der Waals surface area contributed by atoms with E-state index in [4.69, 9.17) is 0 Å². The maximum absolute atomic E-state index is 13.4. The van der Waals surface area contributed by atoms with Gasteiger partial charge >= 0.3 is 19.7 Å². The standard InChI is InChI=1S/C6F10I2/c7-1(5(13,14)17)2(8,6(15,16)18)4(11,12)3(1,9)10. The minimum atomic E-state index is -6.27. The maximum Gasteiger partial charge on any atom is 0.357 e. The molecule has 12 heteroatoms. The number of halogens is 12. The normalized spacial score (nSPS) is 39.3. The van der Waals surface area contributed by atoms with Crippen LogP contribution in [0.15, 0.2) is 0 Å². The summed E-state index contributed by atoms with van der Waals surface area (Å²) in [5, 5.41) is 0. The van der Waals surface area contributed by atoms with Crippen molar-refractivity contribution < 1.29 is 43.9 Å². The lowest BCUT2D eigenvalue weighted by Crippen LogP contribution is -2.93. The van der Waals surface area contributed by atoms with Crippen molar-refractivity contribution in [3.63, 3.8) is 0 Å². The Morgan fingerprint density at radius 1 is 0.556 bits per heavy atom. The Bertz CT molecular complexity index is 334. The van der Waals surface area contributed by atoms with Crippen LogP contribution >= 0.6 is 45.2 Å². The molecule has 0 aliphatic heterocycles. The fourth-order valence-electron chi connectivity index (χ4n) is 1.55. The van der Waals surface area contributed by atoms with Gasteiger partial charge in [-0.15, -0.1) is 0 Å². The molecule has 108 valence electrons. The van der Waals surface area contributed by atoms with Gasteiger partial charge in [-0.1, -0.05) is 0 Å². The van der Waals surface area contributed by atoms with Crippen LogP contribution in [0, 0.1) is 0 Å². The lowest BCUT2D eigenvalue weighted by molar-refractivity contribution is -0.479. The van der Waals surface area contributed by atoms with Gasteiger partial charge in [-0.3, -0.25) is 0 Å². The largest absolute Gasteiger partial charge is 0.357 e. The fourth-order valence-corrected chi connectivity index (χ4v) is 2.97. The molecule has 0 nitrogen and oxygen atoms in total. The van der Waals surface area contributed by atoms with Crippen LogP contribution < -0.4 is 0 Å². The smallest absolute Gasteiger partial charge is 0.225 e. The lowest BCUT2D eigenvalue weighted by Gasteiger charge is -2.59. The molecule has 0 aromatic rings. The minimum Gasteiger partial charge on any atom is -0.225 e. The van der Waals surface area contributed by atoms with E-state index < -0.39 is 76.2 Å². The molecule has 2 atom stereocenters. The van der Waals surface area contributed by atoms with Gasteiger partial charge < -0.3 is 0 Å². The van der Waals surface area contributed by atoms with Crippen LogP contribution in [0.2, 0.25) is 0 Å². The molecule has 0 aromatic carbocycles. The van der Waals surface area contributed by atoms with Crippen LogP contribution in [0.4, 0.5) is 43.9 Å². The first kappa shape index (κ1) is 16.8. The molecule has 0 aromatic heterocycles. The average Bonchev–Trinajstić information content (AvgIpc) is 2.10. The highest BCUT2D eigenvalue weighted by molar-refractivity contribution is 14.1. The summed E-state index contributed by atoms with van der Waals surface area (Å²) >= 11 is -0.841. The average molecular weight is 516 g/mol. The predicted molar refractivity (Wildman–Crippen MR) is 55.5 cm³/mol. The Balaban J connectivity index is 3.61. The summed E-state index contributed by atoms with van der Waals surface area (Å²) in [5.74, 6) is -12.5. The van der Waals surface area contributed by atoms with E-state index in [1.54, 1.807) is 0 Å². The van der Waals surface area contributed by atoms with Crippen molar-refractivity contribution in [2.45, 2.75) is 31.0 Å². The molecule has 1 aliphatic rings. The summed E-state index contributed by atoms with van der Waals surface area (Å²) < 4.78 is 117. The molecule has 1 aliphatic carbocycles. The van der Waals surface area contributed by atoms with E-state index in [1.807, 2.05) is 0 Å². The van der Waals surface area contributed by atoms with E-state index >= 15 is 0 Å². The Hall–Kier alpha value is 0.760. The third-order valence-corrected chi connectivity index (χ3v) is 4.00. The summed E-state index contributed by atoms with van der Waals surface area (Å²) in [6, 6.07) is 0. The highest BCUT2D eigenvalue weighted by Crippen LogP contribution is 2.77. The Labute approximate surface area is 120 Å². The van der Waals surface area contributed by atoms with Crippen LogP contribution in [0.3, 0.4) is 0 Å². The van der Waals surface area contributed by atoms with Crippen molar-refractivity contribution in [2.24, 2.45) is 0 Å². The number of hydrogen-bond donors (Lipinski definition) is 0. The molecule has 1 saturated carbocycles. The first-order valence-electron chi connectivity index (χ1n) is 3.77. The molecule has 1 rings (SSSR count). The van der Waals surface area contributed by atoms with Gasteiger partial charge in [0.05, 0.1) is 0 Å². The first-order chi connectivity index (χ1) is 7.50. The van der Waals surface area contributed by atoms with Crippen LogP contribution in [-0.2, 0) is 0 Å². The fraction of sp³-hybridized carbons (Fsp3) is 1.00. The minimum absolute atomic E-state index is 0.421. The Morgan fingerprint density at radius 2 is 0.722 bits per heavy atom. The summed E-state index contributed by atoms with van der Waals surface area (Å²) in [7, 11) is 0. The zero-order valence-electron chi connectivity index (χ0n) is 7.54. The third-order valence-electron chi connectivity index (χ3n) is 2.52. The van der Waals surface area contributed by atoms with Crippen molar-refractivity contribution in [3.05, 3.63) is 0 Å². The second-order valence-corrected chi connectivity index (χ2v) is 6.17. The van der Waals surface area contributed by atoms with Gasteiger partial charge in [0.2, 0.25) is 0 Å². The SMILES string of the molecule is FC(F)(I)C1(F)C(F)(F)C(F)(F)C1(F)C(F)(F)I. The molecule has 0 bridgehead atoms. The Morgan fingerprint density at radius 3 is 0.833 bits per heavy atom. The molecule has 0 amide bonds. The van der Waals surface area contributed by atoms with E-state index in [2.05, 4.69) is 0 Å². The van der Waals surface area contributed by atoms with Crippen molar-refractivity contribution in [2.75, 3.05) is 0 Å². The second-order valence-electron chi connectivity index (χ2n) is 3.46. The molecule has 0 spiro atoms. The summed E-state index contributed by atoms with van der Waals surface area (Å²) in [5.41, 5.74) is -12.1. The molecule has 0 N–H and O–H groups in total. The van der Waals surface area contributed by atoms with Crippen LogP contribution in [0.25, 0.3) is 0 Å². The first-order valence-corrected chi connectivity index (χ1v) is 5.93. The van der Waals surface area contributed by atoms with E-state index in [0.29, 0.717) is 0 Å². The van der Waals surface area contributed by atoms with Crippen LogP contribution in [-0.4, -0.2) is 31.0 Å². The summed E-state index contributed by atoms with van der Waals surface area (Å²) in [6.45, 7) is 0. The third kappa shape index (κ3) is 1.39. The number of rotatable bonds is 2. The quantitative estimate of drug-likeness (QED) is 0.283. The zero-order chi connectivity index (χ0) is 15.0. The lowest BCUT2D eigenvalue weighted by atomic mass is 9.61. The van der Waals surface area contributed by atoms with Gasteiger partial charge in [0.1, 0.15) is 0 Å². The van der Waals surface area contributed by atoms with Gasteiger partial charge in [0.15, 0.2) is 0 Å². The van der Waals surface area contributed by atoms with E-state index in [-0.39, 0.29) is 0 Å². The molecule has 0 saturated heterocycles. The van der Waals surface area contributed by atoms with Gasteiger partial charge in [-0.25, -0.2) is 8.78 Å². The van der Waals surface area contributed by atoms with Gasteiger partial charge in [-0.05, 0) is 0 Å². The number of alkyl halides is 12. The monoisotopic (exact) mass is 516 g/mol. The molecular formula is C6F10I2. The molecule has 2 unspecified atom stereocenters. The highest BCUT2D eigenvalue weighted by Gasteiger charge is 3.08. The highest BCUT2D eigenvalue weighted by atomic mass is 127. The van der Waals surface area contributed by atoms with Gasteiger partial charge in [0.25, 0.3) is 11.3 Å². The van der Waals surface area contributed by atoms with E-state index in [1.165, 1.54) is 0 Å². The van der Waals surface area contributed by atoms with Crippen LogP contribution in [0.1, 0.15) is 0 Å². The predicted octanol–water partition coefficient (Wildman–Crippen LogP) is 4.74. The van der Waals surface area contributed by atoms with E-state index in [9.17, 15) is 43.9 Å². The zero-order valence-corrected chi connectivity index (χ0v) is 11.9. The van der Waals surface area contributed by atoms with Gasteiger partial charge in [0, 0.05) is 45.2 Å². The molecular weight excluding hydrogens is 516 g/mol. The maximum atomic E-state index is 13.4. The van der Waals surface area contributed by atoms with E-state index in [0.717, 1.165) is 0 Å². The second kappa shape index (κ2) is 3.69. The topological polar surface area (TPSA) is 0 Å². The van der Waals surface area contributed by atoms with Crippen LogP contribution in [0.5, 0.6) is 0 Å². The number of hydrogen-bond acceptors (Lipinski definition) is 0. The molecule has 0 heterocycles.